The zero-order valence-electron chi connectivity index (χ0n) is 11.3. The Balaban J connectivity index is 1.96. The minimum absolute atomic E-state index is 0.326. The number of rotatable bonds is 1. The van der Waals surface area contributed by atoms with Crippen molar-refractivity contribution < 1.29 is 9.59 Å². The number of benzene rings is 2. The molecule has 0 spiro atoms. The minimum atomic E-state index is -0.326. The summed E-state index contributed by atoms with van der Waals surface area (Å²) in [6.45, 7) is 0. The number of nitrogens with zero attached hydrogens (tertiary/aromatic N) is 2. The van der Waals surface area contributed by atoms with E-state index in [2.05, 4.69) is 4.98 Å². The first-order valence-electron chi connectivity index (χ1n) is 6.69. The Bertz CT molecular complexity index is 917. The van der Waals surface area contributed by atoms with Crippen LogP contribution in [-0.2, 0) is 0 Å². The number of carbonyl (C=O) groups excluding carboxylic acids is 2. The smallest absolute Gasteiger partial charge is 0.266 e. The van der Waals surface area contributed by atoms with Crippen LogP contribution in [0, 0.1) is 0 Å². The quantitative estimate of drug-likeness (QED) is 0.644. The first-order chi connectivity index (χ1) is 10.7. The maximum atomic E-state index is 12.6. The predicted molar refractivity (Wildman–Crippen MR) is 84.3 cm³/mol. The van der Waals surface area contributed by atoms with Crippen molar-refractivity contribution in [1.29, 1.82) is 0 Å². The lowest BCUT2D eigenvalue weighted by atomic mass is 10.1. The van der Waals surface area contributed by atoms with Gasteiger partial charge in [-0.1, -0.05) is 29.8 Å². The van der Waals surface area contributed by atoms with Crippen LogP contribution in [0.5, 0.6) is 0 Å². The number of pyridine rings is 1. The van der Waals surface area contributed by atoms with Gasteiger partial charge in [-0.25, -0.2) is 4.90 Å². The number of amides is 2. The lowest BCUT2D eigenvalue weighted by molar-refractivity contribution is 0.0926. The van der Waals surface area contributed by atoms with Crippen molar-refractivity contribution in [3.8, 4) is 0 Å². The van der Waals surface area contributed by atoms with E-state index < -0.39 is 0 Å². The third kappa shape index (κ3) is 1.74. The normalized spacial score (nSPS) is 13.8. The molecule has 0 saturated heterocycles. The molecule has 3 aromatic rings. The molecule has 4 rings (SSSR count). The average Bonchev–Trinajstić information content (AvgIpc) is 2.79. The summed E-state index contributed by atoms with van der Waals surface area (Å²) in [5.41, 5.74) is 2.01. The molecular formula is C17H9ClN2O2. The molecule has 106 valence electrons. The molecule has 0 fully saturated rings. The summed E-state index contributed by atoms with van der Waals surface area (Å²) in [4.78, 5) is 30.6. The van der Waals surface area contributed by atoms with E-state index in [0.29, 0.717) is 32.7 Å². The third-order valence-electron chi connectivity index (χ3n) is 3.70. The Labute approximate surface area is 131 Å². The molecule has 22 heavy (non-hydrogen) atoms. The Morgan fingerprint density at radius 3 is 2.27 bits per heavy atom. The molecule has 2 aromatic carbocycles. The van der Waals surface area contributed by atoms with Gasteiger partial charge in [0.05, 0.1) is 27.4 Å². The molecule has 0 bridgehead atoms. The molecule has 1 aromatic heterocycles. The van der Waals surface area contributed by atoms with Crippen molar-refractivity contribution in [2.24, 2.45) is 0 Å². The summed E-state index contributed by atoms with van der Waals surface area (Å²) in [6.07, 6.45) is 1.54. The highest BCUT2D eigenvalue weighted by atomic mass is 35.5. The van der Waals surface area contributed by atoms with Crippen LogP contribution in [-0.4, -0.2) is 16.8 Å². The van der Waals surface area contributed by atoms with Crippen LogP contribution in [0.15, 0.2) is 54.7 Å². The van der Waals surface area contributed by atoms with Crippen molar-refractivity contribution >= 4 is 40.0 Å². The van der Waals surface area contributed by atoms with Gasteiger partial charge in [0, 0.05) is 11.6 Å². The predicted octanol–water partition coefficient (Wildman–Crippen LogP) is 3.69. The molecule has 2 amide bonds. The van der Waals surface area contributed by atoms with E-state index in [1.165, 1.54) is 11.1 Å². The van der Waals surface area contributed by atoms with E-state index in [1.807, 2.05) is 6.07 Å². The lowest BCUT2D eigenvalue weighted by Gasteiger charge is -2.16. The van der Waals surface area contributed by atoms with Crippen LogP contribution >= 0.6 is 11.6 Å². The van der Waals surface area contributed by atoms with Gasteiger partial charge in [0.15, 0.2) is 0 Å². The Morgan fingerprint density at radius 1 is 0.909 bits per heavy atom. The minimum Gasteiger partial charge on any atom is -0.268 e. The van der Waals surface area contributed by atoms with Crippen LogP contribution < -0.4 is 4.90 Å². The van der Waals surface area contributed by atoms with E-state index in [0.717, 1.165) is 0 Å². The van der Waals surface area contributed by atoms with Crippen molar-refractivity contribution in [2.45, 2.75) is 0 Å². The van der Waals surface area contributed by atoms with Crippen LogP contribution in [0.3, 0.4) is 0 Å². The van der Waals surface area contributed by atoms with Gasteiger partial charge in [-0.05, 0) is 30.3 Å². The molecule has 4 nitrogen and oxygen atoms in total. The highest BCUT2D eigenvalue weighted by molar-refractivity contribution is 6.36. The first-order valence-corrected chi connectivity index (χ1v) is 7.07. The standard InChI is InChI=1S/C17H9ClN2O2/c18-10-8-13-14(19-9-10)6-3-7-15(13)20-16(21)11-4-1-2-5-12(11)17(20)22/h1-9H. The number of halogens is 1. The SMILES string of the molecule is O=C1c2ccccc2C(=O)N1c1cccc2ncc(Cl)cc12. The number of hydrogen-bond acceptors (Lipinski definition) is 3. The van der Waals surface area contributed by atoms with Crippen LogP contribution in [0.2, 0.25) is 5.02 Å². The molecule has 5 heteroatoms. The Kier molecular flexibility index (Phi) is 2.74. The molecule has 2 heterocycles. The highest BCUT2D eigenvalue weighted by Crippen LogP contribution is 2.33. The van der Waals surface area contributed by atoms with Gasteiger partial charge in [0.2, 0.25) is 0 Å². The van der Waals surface area contributed by atoms with E-state index >= 15 is 0 Å². The fraction of sp³-hybridized carbons (Fsp3) is 0. The summed E-state index contributed by atoms with van der Waals surface area (Å²) in [6, 6.07) is 13.8. The van der Waals surface area contributed by atoms with Crippen LogP contribution in [0.25, 0.3) is 10.9 Å². The Morgan fingerprint density at radius 2 is 1.59 bits per heavy atom. The van der Waals surface area contributed by atoms with Gasteiger partial charge < -0.3 is 0 Å². The maximum absolute atomic E-state index is 12.6. The number of carbonyl (C=O) groups is 2. The molecule has 0 atom stereocenters. The van der Waals surface area contributed by atoms with E-state index in [-0.39, 0.29) is 11.8 Å². The van der Waals surface area contributed by atoms with Crippen molar-refractivity contribution in [3.63, 3.8) is 0 Å². The van der Waals surface area contributed by atoms with Gasteiger partial charge in [-0.2, -0.15) is 0 Å². The van der Waals surface area contributed by atoms with Crippen molar-refractivity contribution in [3.05, 3.63) is 70.9 Å². The monoisotopic (exact) mass is 308 g/mol. The zero-order chi connectivity index (χ0) is 15.3. The first kappa shape index (κ1) is 13.0. The number of fused-ring (bicyclic) bond motifs is 2. The molecular weight excluding hydrogens is 300 g/mol. The summed E-state index contributed by atoms with van der Waals surface area (Å²) in [5.74, 6) is -0.652. The fourth-order valence-corrected chi connectivity index (χ4v) is 2.87. The molecule has 0 N–H and O–H groups in total. The fourth-order valence-electron chi connectivity index (χ4n) is 2.71. The van der Waals surface area contributed by atoms with Crippen LogP contribution in [0.4, 0.5) is 5.69 Å². The number of hydrogen-bond donors (Lipinski definition) is 0. The maximum Gasteiger partial charge on any atom is 0.266 e. The third-order valence-corrected chi connectivity index (χ3v) is 3.91. The van der Waals surface area contributed by atoms with Gasteiger partial charge in [-0.15, -0.1) is 0 Å². The molecule has 1 aliphatic heterocycles. The summed E-state index contributed by atoms with van der Waals surface area (Å²) in [7, 11) is 0. The van der Waals surface area contributed by atoms with E-state index in [9.17, 15) is 9.59 Å². The largest absolute Gasteiger partial charge is 0.268 e. The van der Waals surface area contributed by atoms with E-state index in [1.54, 1.807) is 42.5 Å². The topological polar surface area (TPSA) is 50.3 Å². The van der Waals surface area contributed by atoms with Gasteiger partial charge in [-0.3, -0.25) is 14.6 Å². The summed E-state index contributed by atoms with van der Waals surface area (Å²) >= 11 is 6.01. The summed E-state index contributed by atoms with van der Waals surface area (Å²) in [5, 5.41) is 1.13. The molecule has 0 aliphatic carbocycles. The zero-order valence-corrected chi connectivity index (χ0v) is 12.0. The second-order valence-corrected chi connectivity index (χ2v) is 5.43. The average molecular weight is 309 g/mol. The van der Waals surface area contributed by atoms with Gasteiger partial charge >= 0.3 is 0 Å². The van der Waals surface area contributed by atoms with Crippen molar-refractivity contribution in [1.82, 2.24) is 4.98 Å². The number of aromatic nitrogens is 1. The van der Waals surface area contributed by atoms with Crippen LogP contribution in [0.1, 0.15) is 20.7 Å². The van der Waals surface area contributed by atoms with Gasteiger partial charge in [0.25, 0.3) is 11.8 Å². The summed E-state index contributed by atoms with van der Waals surface area (Å²) < 4.78 is 0. The number of anilines is 1. The highest BCUT2D eigenvalue weighted by Gasteiger charge is 2.36. The molecule has 0 unspecified atom stereocenters. The number of imide groups is 1. The van der Waals surface area contributed by atoms with Gasteiger partial charge in [0.1, 0.15) is 0 Å². The second kappa shape index (κ2) is 4.64. The van der Waals surface area contributed by atoms with Crippen molar-refractivity contribution in [2.75, 3.05) is 4.90 Å². The molecule has 1 aliphatic rings. The molecule has 0 saturated carbocycles. The second-order valence-electron chi connectivity index (χ2n) is 4.99. The lowest BCUT2D eigenvalue weighted by Crippen LogP contribution is -2.29. The van der Waals surface area contributed by atoms with E-state index in [4.69, 9.17) is 11.6 Å². The molecule has 0 radical (unpaired) electrons. The Hall–Kier alpha value is -2.72.